The lowest BCUT2D eigenvalue weighted by molar-refractivity contribution is 0.100. The van der Waals surface area contributed by atoms with Crippen molar-refractivity contribution in [3.8, 4) is 0 Å². The average Bonchev–Trinajstić information content (AvgIpc) is 2.85. The summed E-state index contributed by atoms with van der Waals surface area (Å²) in [7, 11) is 2.10. The van der Waals surface area contributed by atoms with Gasteiger partial charge in [0.2, 0.25) is 0 Å². The Labute approximate surface area is 138 Å². The zero-order chi connectivity index (χ0) is 16.7. The lowest BCUT2D eigenvalue weighted by Crippen LogP contribution is -2.37. The van der Waals surface area contributed by atoms with Crippen molar-refractivity contribution in [3.05, 3.63) is 26.6 Å². The summed E-state index contributed by atoms with van der Waals surface area (Å²) >= 11 is 1.22. The Morgan fingerprint density at radius 3 is 2.61 bits per heavy atom. The van der Waals surface area contributed by atoms with Crippen molar-refractivity contribution in [3.63, 3.8) is 0 Å². The molecule has 2 aromatic rings. The number of carbonyl (C=O) groups excluding carboxylic acids is 1. The minimum absolute atomic E-state index is 0.0253. The molecule has 0 bridgehead atoms. The molecule has 0 atom stereocenters. The molecule has 124 valence electrons. The third-order valence-corrected chi connectivity index (χ3v) is 5.86. The summed E-state index contributed by atoms with van der Waals surface area (Å²) < 4.78 is 1.86. The number of nitrogens with zero attached hydrogens (tertiary/aromatic N) is 3. The molecule has 3 heterocycles. The molecular weight excluding hydrogens is 312 g/mol. The minimum atomic E-state index is -0.492. The van der Waals surface area contributed by atoms with Gasteiger partial charge in [0, 0.05) is 12.5 Å². The normalized spacial score (nSPS) is 17.0. The van der Waals surface area contributed by atoms with Crippen LogP contribution in [0.2, 0.25) is 0 Å². The maximum atomic E-state index is 13.1. The molecule has 1 amide bonds. The van der Waals surface area contributed by atoms with Crippen molar-refractivity contribution in [2.45, 2.75) is 39.2 Å². The van der Waals surface area contributed by atoms with Crippen LogP contribution >= 0.6 is 11.3 Å². The highest BCUT2D eigenvalue weighted by atomic mass is 32.1. The van der Waals surface area contributed by atoms with Gasteiger partial charge in [0.15, 0.2) is 0 Å². The highest BCUT2D eigenvalue weighted by Crippen LogP contribution is 2.29. The molecule has 0 saturated carbocycles. The summed E-state index contributed by atoms with van der Waals surface area (Å²) in [5.74, 6) is 0.308. The summed E-state index contributed by atoms with van der Waals surface area (Å²) in [6, 6.07) is 0.182. The van der Waals surface area contributed by atoms with Crippen molar-refractivity contribution >= 4 is 27.5 Å². The number of amides is 1. The van der Waals surface area contributed by atoms with Crippen molar-refractivity contribution in [1.82, 2.24) is 14.5 Å². The topological polar surface area (TPSA) is 81.2 Å². The number of thiophene rings is 1. The van der Waals surface area contributed by atoms with Gasteiger partial charge in [-0.05, 0) is 45.5 Å². The molecule has 0 aromatic carbocycles. The van der Waals surface area contributed by atoms with Crippen molar-refractivity contribution in [2.75, 3.05) is 20.1 Å². The van der Waals surface area contributed by atoms with Gasteiger partial charge in [0.05, 0.1) is 10.3 Å². The van der Waals surface area contributed by atoms with Crippen molar-refractivity contribution in [2.24, 2.45) is 5.73 Å². The number of likely N-dealkylation sites (tertiary alicyclic amines) is 1. The molecular formula is C16H22N4O2S. The van der Waals surface area contributed by atoms with E-state index in [-0.39, 0.29) is 11.6 Å². The van der Waals surface area contributed by atoms with Gasteiger partial charge in [-0.15, -0.1) is 11.3 Å². The Hall–Kier alpha value is -1.73. The monoisotopic (exact) mass is 334 g/mol. The standard InChI is InChI=1S/C16H22N4O2S/c1-4-11-18-15-12(9(2)13(23-15)14(17)21)16(22)20(11)10-5-7-19(3)8-6-10/h10H,4-8H2,1-3H3,(H2,17,21). The largest absolute Gasteiger partial charge is 0.365 e. The molecule has 0 radical (unpaired) electrons. The smallest absolute Gasteiger partial charge is 0.262 e. The molecule has 1 fully saturated rings. The van der Waals surface area contributed by atoms with Crippen LogP contribution in [0.1, 0.15) is 46.9 Å². The SMILES string of the molecule is CCc1nc2sc(C(N)=O)c(C)c2c(=O)n1C1CCN(C)CC1. The number of primary amides is 1. The van der Waals surface area contributed by atoms with Crippen LogP contribution in [0.25, 0.3) is 10.2 Å². The molecule has 1 aliphatic rings. The summed E-state index contributed by atoms with van der Waals surface area (Å²) in [6.07, 6.45) is 2.59. The van der Waals surface area contributed by atoms with E-state index in [1.54, 1.807) is 6.92 Å². The molecule has 0 spiro atoms. The Bertz CT molecular complexity index is 816. The van der Waals surface area contributed by atoms with Gasteiger partial charge in [-0.1, -0.05) is 6.92 Å². The molecule has 6 nitrogen and oxygen atoms in total. The van der Waals surface area contributed by atoms with Crippen LogP contribution in [-0.4, -0.2) is 40.5 Å². The van der Waals surface area contributed by atoms with Crippen LogP contribution < -0.4 is 11.3 Å². The van der Waals surface area contributed by atoms with E-state index in [0.717, 1.165) is 31.8 Å². The van der Waals surface area contributed by atoms with Gasteiger partial charge in [-0.2, -0.15) is 0 Å². The Morgan fingerprint density at radius 2 is 2.04 bits per heavy atom. The fraction of sp³-hybridized carbons (Fsp3) is 0.562. The zero-order valence-corrected chi connectivity index (χ0v) is 14.6. The van der Waals surface area contributed by atoms with Gasteiger partial charge in [0.1, 0.15) is 10.7 Å². The molecule has 7 heteroatoms. The van der Waals surface area contributed by atoms with Crippen molar-refractivity contribution < 1.29 is 4.79 Å². The Morgan fingerprint density at radius 1 is 1.39 bits per heavy atom. The second-order valence-corrected chi connectivity index (χ2v) is 7.19. The number of hydrogen-bond acceptors (Lipinski definition) is 5. The van der Waals surface area contributed by atoms with Gasteiger partial charge in [-0.25, -0.2) is 4.98 Å². The fourth-order valence-electron chi connectivity index (χ4n) is 3.35. The molecule has 23 heavy (non-hydrogen) atoms. The van der Waals surface area contributed by atoms with Gasteiger partial charge in [-0.3, -0.25) is 14.2 Å². The Kier molecular flexibility index (Phi) is 4.25. The molecule has 0 unspecified atom stereocenters. The van der Waals surface area contributed by atoms with Crippen molar-refractivity contribution in [1.29, 1.82) is 0 Å². The highest BCUT2D eigenvalue weighted by Gasteiger charge is 2.25. The van der Waals surface area contributed by atoms with Crippen LogP contribution in [0.5, 0.6) is 0 Å². The van der Waals surface area contributed by atoms with E-state index in [1.807, 2.05) is 11.5 Å². The number of aromatic nitrogens is 2. The van der Waals surface area contributed by atoms with E-state index >= 15 is 0 Å². The molecule has 1 saturated heterocycles. The third kappa shape index (κ3) is 2.68. The van der Waals surface area contributed by atoms with Gasteiger partial charge < -0.3 is 10.6 Å². The van der Waals surface area contributed by atoms with E-state index in [4.69, 9.17) is 5.73 Å². The first-order valence-corrected chi connectivity index (χ1v) is 8.78. The number of hydrogen-bond donors (Lipinski definition) is 1. The van der Waals surface area contributed by atoms with E-state index in [0.29, 0.717) is 27.1 Å². The lowest BCUT2D eigenvalue weighted by atomic mass is 10.0. The second-order valence-electron chi connectivity index (χ2n) is 6.19. The molecule has 0 aliphatic carbocycles. The van der Waals surface area contributed by atoms with Gasteiger partial charge >= 0.3 is 0 Å². The van der Waals surface area contributed by atoms with Crippen LogP contribution in [0, 0.1) is 6.92 Å². The third-order valence-electron chi connectivity index (χ3n) is 4.66. The van der Waals surface area contributed by atoms with E-state index in [1.165, 1.54) is 11.3 Å². The highest BCUT2D eigenvalue weighted by molar-refractivity contribution is 7.20. The van der Waals surface area contributed by atoms with E-state index in [9.17, 15) is 9.59 Å². The number of rotatable bonds is 3. The number of carbonyl (C=O) groups is 1. The molecule has 2 aromatic heterocycles. The Balaban J connectivity index is 2.21. The number of fused-ring (bicyclic) bond motifs is 1. The number of aryl methyl sites for hydroxylation is 2. The summed E-state index contributed by atoms with van der Waals surface area (Å²) in [4.78, 5) is 32.7. The second kappa shape index (κ2) is 6.05. The summed E-state index contributed by atoms with van der Waals surface area (Å²) in [6.45, 7) is 5.75. The molecule has 1 aliphatic heterocycles. The first-order chi connectivity index (χ1) is 10.9. The first-order valence-electron chi connectivity index (χ1n) is 7.96. The predicted octanol–water partition coefficient (Wildman–Crippen LogP) is 1.69. The average molecular weight is 334 g/mol. The fourth-order valence-corrected chi connectivity index (χ4v) is 4.39. The van der Waals surface area contributed by atoms with Gasteiger partial charge in [0.25, 0.3) is 11.5 Å². The van der Waals surface area contributed by atoms with E-state index in [2.05, 4.69) is 16.9 Å². The van der Waals surface area contributed by atoms with Crippen LogP contribution in [-0.2, 0) is 6.42 Å². The van der Waals surface area contributed by atoms with E-state index < -0.39 is 5.91 Å². The zero-order valence-electron chi connectivity index (χ0n) is 13.8. The quantitative estimate of drug-likeness (QED) is 0.926. The maximum Gasteiger partial charge on any atom is 0.262 e. The molecule has 2 N–H and O–H groups in total. The van der Waals surface area contributed by atoms with Crippen LogP contribution in [0.4, 0.5) is 0 Å². The summed E-state index contributed by atoms with van der Waals surface area (Å²) in [5, 5.41) is 0.555. The van der Waals surface area contributed by atoms with Crippen LogP contribution in [0.15, 0.2) is 4.79 Å². The number of nitrogens with two attached hydrogens (primary N) is 1. The predicted molar refractivity (Wildman–Crippen MR) is 92.3 cm³/mol. The summed E-state index contributed by atoms with van der Waals surface area (Å²) in [5.41, 5.74) is 6.07. The lowest BCUT2D eigenvalue weighted by Gasteiger charge is -2.31. The molecule has 3 rings (SSSR count). The minimum Gasteiger partial charge on any atom is -0.365 e. The maximum absolute atomic E-state index is 13.1. The van der Waals surface area contributed by atoms with Crippen LogP contribution in [0.3, 0.4) is 0 Å². The number of piperidine rings is 1. The first kappa shape index (κ1) is 16.1.